The van der Waals surface area contributed by atoms with Crippen LogP contribution in [0.25, 0.3) is 0 Å². The van der Waals surface area contributed by atoms with E-state index in [-0.39, 0.29) is 17.2 Å². The summed E-state index contributed by atoms with van der Waals surface area (Å²) in [6.07, 6.45) is 1.45. The monoisotopic (exact) mass is 245 g/mol. The predicted molar refractivity (Wildman–Crippen MR) is 57.8 cm³/mol. The van der Waals surface area contributed by atoms with Crippen LogP contribution in [0.1, 0.15) is 19.2 Å². The molecule has 0 radical (unpaired) electrons. The summed E-state index contributed by atoms with van der Waals surface area (Å²) in [5.74, 6) is 0.219. The van der Waals surface area contributed by atoms with E-state index in [1.807, 2.05) is 0 Å². The molecule has 8 heteroatoms. The first-order valence-corrected chi connectivity index (χ1v) is 5.65. The first kappa shape index (κ1) is 12.4. The lowest BCUT2D eigenvalue weighted by molar-refractivity contribution is -0.392. The van der Waals surface area contributed by atoms with Crippen molar-refractivity contribution in [1.82, 2.24) is 9.55 Å². The number of hydrogen-bond donors (Lipinski definition) is 0. The van der Waals surface area contributed by atoms with Crippen LogP contribution in [0, 0.1) is 17.0 Å². The highest BCUT2D eigenvalue weighted by Gasteiger charge is 2.18. The third-order valence-electron chi connectivity index (χ3n) is 2.19. The van der Waals surface area contributed by atoms with Gasteiger partial charge in [0.2, 0.25) is 10.3 Å². The molecule has 0 aliphatic rings. The Morgan fingerprint density at radius 3 is 2.69 bits per heavy atom. The molecule has 0 fully saturated rings. The van der Waals surface area contributed by atoms with Crippen molar-refractivity contribution in [1.29, 1.82) is 0 Å². The van der Waals surface area contributed by atoms with Crippen molar-refractivity contribution in [2.24, 2.45) is 0 Å². The standard InChI is InChI=1S/C8H11N3O4S/c1-3-7(16(14)15)5-10-6(2)9-4-8(10)11(12)13/h4H,3,5H2,1-2H3. The van der Waals surface area contributed by atoms with Gasteiger partial charge in [0.25, 0.3) is 0 Å². The van der Waals surface area contributed by atoms with E-state index in [0.717, 1.165) is 6.20 Å². The SMILES string of the molecule is CCC(Cn1c([N+](=O)[O-])cnc1C)=S(=O)=O. The van der Waals surface area contributed by atoms with Crippen molar-refractivity contribution >= 4 is 21.0 Å². The zero-order valence-electron chi connectivity index (χ0n) is 8.87. The molecule has 16 heavy (non-hydrogen) atoms. The molecular weight excluding hydrogens is 234 g/mol. The molecule has 1 aromatic rings. The van der Waals surface area contributed by atoms with Crippen LogP contribution in [-0.2, 0) is 16.8 Å². The van der Waals surface area contributed by atoms with Crippen LogP contribution < -0.4 is 0 Å². The van der Waals surface area contributed by atoms with Gasteiger partial charge in [-0.1, -0.05) is 6.92 Å². The molecule has 1 heterocycles. The van der Waals surface area contributed by atoms with Crippen molar-refractivity contribution in [2.45, 2.75) is 26.8 Å². The van der Waals surface area contributed by atoms with Crippen LogP contribution in [0.4, 0.5) is 5.82 Å². The molecule has 1 rings (SSSR count). The van der Waals surface area contributed by atoms with Gasteiger partial charge < -0.3 is 10.1 Å². The van der Waals surface area contributed by atoms with Gasteiger partial charge >= 0.3 is 5.82 Å². The molecule has 0 saturated heterocycles. The van der Waals surface area contributed by atoms with Crippen LogP contribution in [0.3, 0.4) is 0 Å². The molecule has 1 aromatic heterocycles. The van der Waals surface area contributed by atoms with E-state index in [0.29, 0.717) is 12.2 Å². The van der Waals surface area contributed by atoms with Gasteiger partial charge in [-0.2, -0.15) is 8.42 Å². The molecule has 0 N–H and O–H groups in total. The topological polar surface area (TPSA) is 95.1 Å². The number of hydrogen-bond acceptors (Lipinski definition) is 5. The minimum Gasteiger partial charge on any atom is -0.358 e. The number of nitrogens with zero attached hydrogens (tertiary/aromatic N) is 3. The number of imidazole rings is 1. The summed E-state index contributed by atoms with van der Waals surface area (Å²) >= 11 is 0. The van der Waals surface area contributed by atoms with Gasteiger partial charge in [-0.25, -0.2) is 9.55 Å². The van der Waals surface area contributed by atoms with E-state index in [1.165, 1.54) is 4.57 Å². The highest BCUT2D eigenvalue weighted by Crippen LogP contribution is 2.13. The Labute approximate surface area is 93.4 Å². The Bertz CT molecular complexity index is 536. The van der Waals surface area contributed by atoms with E-state index >= 15 is 0 Å². The van der Waals surface area contributed by atoms with Crippen LogP contribution in [0.5, 0.6) is 0 Å². The van der Waals surface area contributed by atoms with Crippen molar-refractivity contribution in [2.75, 3.05) is 0 Å². The molecule has 0 unspecified atom stereocenters. The van der Waals surface area contributed by atoms with Crippen molar-refractivity contribution < 1.29 is 13.3 Å². The maximum Gasteiger partial charge on any atom is 0.343 e. The molecule has 0 spiro atoms. The molecule has 0 aliphatic heterocycles. The molecule has 0 saturated carbocycles. The first-order chi connectivity index (χ1) is 7.47. The maximum absolute atomic E-state index is 10.8. The number of aryl methyl sites for hydroxylation is 1. The minimum atomic E-state index is -2.32. The second-order valence-electron chi connectivity index (χ2n) is 3.13. The lowest BCUT2D eigenvalue weighted by Crippen LogP contribution is -2.13. The second kappa shape index (κ2) is 4.88. The Morgan fingerprint density at radius 2 is 2.25 bits per heavy atom. The molecule has 0 atom stereocenters. The summed E-state index contributed by atoms with van der Waals surface area (Å²) in [4.78, 5) is 14.1. The zero-order valence-corrected chi connectivity index (χ0v) is 9.69. The average Bonchev–Trinajstić information content (AvgIpc) is 2.56. The highest BCUT2D eigenvalue weighted by molar-refractivity contribution is 7.72. The fraction of sp³-hybridized carbons (Fsp3) is 0.500. The average molecular weight is 245 g/mol. The van der Waals surface area contributed by atoms with E-state index in [2.05, 4.69) is 4.98 Å². The van der Waals surface area contributed by atoms with Crippen LogP contribution in [-0.4, -0.2) is 27.8 Å². The van der Waals surface area contributed by atoms with Crippen molar-refractivity contribution in [3.63, 3.8) is 0 Å². The Kier molecular flexibility index (Phi) is 3.78. The molecule has 0 bridgehead atoms. The predicted octanol–water partition coefficient (Wildman–Crippen LogP) is 0.561. The van der Waals surface area contributed by atoms with E-state index in [4.69, 9.17) is 0 Å². The van der Waals surface area contributed by atoms with Gasteiger partial charge in [0.15, 0.2) is 5.82 Å². The highest BCUT2D eigenvalue weighted by atomic mass is 32.2. The molecule has 0 amide bonds. The van der Waals surface area contributed by atoms with Gasteiger partial charge in [-0.15, -0.1) is 0 Å². The maximum atomic E-state index is 10.8. The number of aromatic nitrogens is 2. The van der Waals surface area contributed by atoms with Gasteiger partial charge in [-0.3, -0.25) is 0 Å². The fourth-order valence-electron chi connectivity index (χ4n) is 1.26. The smallest absolute Gasteiger partial charge is 0.343 e. The molecular formula is C8H11N3O4S. The van der Waals surface area contributed by atoms with Gasteiger partial charge in [0.1, 0.15) is 12.7 Å². The summed E-state index contributed by atoms with van der Waals surface area (Å²) in [6.45, 7) is 3.26. The van der Waals surface area contributed by atoms with E-state index < -0.39 is 15.2 Å². The summed E-state index contributed by atoms with van der Waals surface area (Å²) < 4.78 is 22.9. The third kappa shape index (κ3) is 2.45. The second-order valence-corrected chi connectivity index (χ2v) is 4.18. The largest absolute Gasteiger partial charge is 0.358 e. The van der Waals surface area contributed by atoms with E-state index in [1.54, 1.807) is 13.8 Å². The van der Waals surface area contributed by atoms with Gasteiger partial charge in [0.05, 0.1) is 4.86 Å². The normalized spacial score (nSPS) is 10.1. The molecule has 7 nitrogen and oxygen atoms in total. The first-order valence-electron chi connectivity index (χ1n) is 4.57. The number of nitro groups is 1. The minimum absolute atomic E-state index is 0.0191. The summed E-state index contributed by atoms with van der Waals surface area (Å²) in [7, 11) is -2.32. The van der Waals surface area contributed by atoms with Crippen LogP contribution in [0.15, 0.2) is 6.20 Å². The van der Waals surface area contributed by atoms with E-state index in [9.17, 15) is 18.5 Å². The quantitative estimate of drug-likeness (QED) is 0.439. The lowest BCUT2D eigenvalue weighted by atomic mass is 10.3. The zero-order chi connectivity index (χ0) is 12.3. The van der Waals surface area contributed by atoms with Crippen molar-refractivity contribution in [3.05, 3.63) is 22.1 Å². The fourth-order valence-corrected chi connectivity index (χ4v) is 1.73. The Balaban J connectivity index is 3.20. The van der Waals surface area contributed by atoms with Crippen LogP contribution in [0.2, 0.25) is 0 Å². The van der Waals surface area contributed by atoms with Crippen LogP contribution >= 0.6 is 0 Å². The van der Waals surface area contributed by atoms with Crippen molar-refractivity contribution in [3.8, 4) is 0 Å². The third-order valence-corrected chi connectivity index (χ3v) is 3.07. The molecule has 88 valence electrons. The summed E-state index contributed by atoms with van der Waals surface area (Å²) in [5.41, 5.74) is 0. The molecule has 0 aromatic carbocycles. The molecule has 0 aliphatic carbocycles. The summed E-state index contributed by atoms with van der Waals surface area (Å²) in [5, 5.41) is 10.7. The van der Waals surface area contributed by atoms with Gasteiger partial charge in [-0.05, 0) is 11.3 Å². The summed E-state index contributed by atoms with van der Waals surface area (Å²) in [6, 6.07) is 0. The lowest BCUT2D eigenvalue weighted by Gasteiger charge is -2.01. The Hall–Kier alpha value is -1.70. The van der Waals surface area contributed by atoms with Gasteiger partial charge in [0, 0.05) is 6.92 Å². The Morgan fingerprint density at radius 1 is 1.62 bits per heavy atom. The number of rotatable bonds is 4.